The molecule has 0 saturated heterocycles. The van der Waals surface area contributed by atoms with Gasteiger partial charge in [0.05, 0.1) is 16.6 Å². The second kappa shape index (κ2) is 10.5. The molecule has 5 rings (SSSR count). The van der Waals surface area contributed by atoms with Gasteiger partial charge in [0.25, 0.3) is 5.91 Å². The molecule has 37 heavy (non-hydrogen) atoms. The number of rotatable bonds is 7. The Kier molecular flexibility index (Phi) is 7.04. The SMILES string of the molecule is Cn1cc(Sc2cccc(Cl)c2)c2c(C(=O)NCc3ccc(C(=O)O)cc3)cc(-c3ccccc3)cc21. The smallest absolute Gasteiger partial charge is 0.335 e. The number of nitrogens with zero attached hydrogens (tertiary/aromatic N) is 1. The topological polar surface area (TPSA) is 71.3 Å². The van der Waals surface area contributed by atoms with Gasteiger partial charge in [-0.3, -0.25) is 4.79 Å². The van der Waals surface area contributed by atoms with Crippen LogP contribution in [0.4, 0.5) is 0 Å². The van der Waals surface area contributed by atoms with E-state index in [2.05, 4.69) is 11.4 Å². The molecule has 0 aliphatic rings. The van der Waals surface area contributed by atoms with Crippen LogP contribution in [0.2, 0.25) is 5.02 Å². The first kappa shape index (κ1) is 24.7. The summed E-state index contributed by atoms with van der Waals surface area (Å²) in [7, 11) is 1.98. The van der Waals surface area contributed by atoms with Crippen molar-refractivity contribution in [2.45, 2.75) is 16.3 Å². The predicted molar refractivity (Wildman–Crippen MR) is 149 cm³/mol. The fraction of sp³-hybridized carbons (Fsp3) is 0.0667. The summed E-state index contributed by atoms with van der Waals surface area (Å²) in [4.78, 5) is 26.7. The highest BCUT2D eigenvalue weighted by Gasteiger charge is 2.19. The number of carboxylic acid groups (broad SMARTS) is 1. The van der Waals surface area contributed by atoms with Crippen LogP contribution in [0.3, 0.4) is 0 Å². The lowest BCUT2D eigenvalue weighted by atomic mass is 9.99. The van der Waals surface area contributed by atoms with Crippen LogP contribution in [0.15, 0.2) is 107 Å². The van der Waals surface area contributed by atoms with E-state index in [4.69, 9.17) is 16.7 Å². The van der Waals surface area contributed by atoms with Crippen molar-refractivity contribution < 1.29 is 14.7 Å². The van der Waals surface area contributed by atoms with Crippen LogP contribution in [-0.2, 0) is 13.6 Å². The summed E-state index contributed by atoms with van der Waals surface area (Å²) < 4.78 is 2.04. The first-order valence-electron chi connectivity index (χ1n) is 11.6. The van der Waals surface area contributed by atoms with E-state index in [1.54, 1.807) is 23.9 Å². The lowest BCUT2D eigenvalue weighted by Gasteiger charge is -2.12. The summed E-state index contributed by atoms with van der Waals surface area (Å²) in [5.74, 6) is -1.19. The molecule has 0 radical (unpaired) electrons. The molecular formula is C30H23ClN2O3S. The first-order valence-corrected chi connectivity index (χ1v) is 12.8. The lowest BCUT2D eigenvalue weighted by Crippen LogP contribution is -2.23. The Morgan fingerprint density at radius 1 is 0.919 bits per heavy atom. The van der Waals surface area contributed by atoms with E-state index in [0.29, 0.717) is 10.6 Å². The number of benzene rings is 4. The fourth-order valence-corrected chi connectivity index (χ4v) is 5.60. The standard InChI is InChI=1S/C30H23ClN2O3S/c1-33-18-27(37-24-9-5-8-23(31)16-24)28-25(14-22(15-26(28)33)20-6-3-2-4-7-20)29(34)32-17-19-10-12-21(13-11-19)30(35)36/h2-16,18H,17H2,1H3,(H,32,34)(H,35,36). The minimum absolute atomic E-state index is 0.204. The molecule has 1 heterocycles. The van der Waals surface area contributed by atoms with Gasteiger partial charge < -0.3 is 15.0 Å². The maximum absolute atomic E-state index is 13.6. The van der Waals surface area contributed by atoms with E-state index < -0.39 is 5.97 Å². The Bertz CT molecular complexity index is 1610. The predicted octanol–water partition coefficient (Wildman–Crippen LogP) is 7.28. The van der Waals surface area contributed by atoms with Gasteiger partial charge in [0.1, 0.15) is 0 Å². The summed E-state index contributed by atoms with van der Waals surface area (Å²) in [5, 5.41) is 13.7. The molecule has 7 heteroatoms. The van der Waals surface area contributed by atoms with Gasteiger partial charge in [-0.25, -0.2) is 4.79 Å². The van der Waals surface area contributed by atoms with Gasteiger partial charge in [0, 0.05) is 40.0 Å². The molecule has 0 aliphatic heterocycles. The van der Waals surface area contributed by atoms with Gasteiger partial charge in [0.15, 0.2) is 0 Å². The molecule has 0 bridgehead atoms. The molecule has 2 N–H and O–H groups in total. The molecule has 5 nitrogen and oxygen atoms in total. The second-order valence-corrected chi connectivity index (χ2v) is 10.2. The quantitative estimate of drug-likeness (QED) is 0.234. The van der Waals surface area contributed by atoms with Gasteiger partial charge >= 0.3 is 5.97 Å². The maximum atomic E-state index is 13.6. The summed E-state index contributed by atoms with van der Waals surface area (Å²) in [6, 6.07) is 28.2. The average molecular weight is 527 g/mol. The maximum Gasteiger partial charge on any atom is 0.335 e. The average Bonchev–Trinajstić information content (AvgIpc) is 3.22. The minimum Gasteiger partial charge on any atom is -0.478 e. The van der Waals surface area contributed by atoms with Crippen LogP contribution >= 0.6 is 23.4 Å². The third-order valence-electron chi connectivity index (χ3n) is 6.08. The van der Waals surface area contributed by atoms with Gasteiger partial charge in [-0.15, -0.1) is 0 Å². The van der Waals surface area contributed by atoms with Crippen LogP contribution in [0.5, 0.6) is 0 Å². The van der Waals surface area contributed by atoms with E-state index in [0.717, 1.165) is 37.4 Å². The zero-order valence-corrected chi connectivity index (χ0v) is 21.5. The number of nitrogens with one attached hydrogen (secondary N) is 1. The highest BCUT2D eigenvalue weighted by molar-refractivity contribution is 7.99. The van der Waals surface area contributed by atoms with Crippen molar-refractivity contribution in [3.63, 3.8) is 0 Å². The van der Waals surface area contributed by atoms with Gasteiger partial charge in [-0.1, -0.05) is 71.9 Å². The summed E-state index contributed by atoms with van der Waals surface area (Å²) >= 11 is 7.78. The second-order valence-electron chi connectivity index (χ2n) is 8.63. The van der Waals surface area contributed by atoms with E-state index >= 15 is 0 Å². The normalized spacial score (nSPS) is 11.0. The number of aryl methyl sites for hydroxylation is 1. The van der Waals surface area contributed by atoms with Crippen LogP contribution < -0.4 is 5.32 Å². The van der Waals surface area contributed by atoms with Gasteiger partial charge in [-0.05, 0) is 59.2 Å². The number of fused-ring (bicyclic) bond motifs is 1. The van der Waals surface area contributed by atoms with E-state index in [9.17, 15) is 9.59 Å². The monoisotopic (exact) mass is 526 g/mol. The van der Waals surface area contributed by atoms with E-state index in [-0.39, 0.29) is 18.0 Å². The summed E-state index contributed by atoms with van der Waals surface area (Å²) in [6.45, 7) is 0.277. The third kappa shape index (κ3) is 5.40. The van der Waals surface area contributed by atoms with Crippen molar-refractivity contribution in [1.29, 1.82) is 0 Å². The molecule has 0 aliphatic carbocycles. The Labute approximate surface area is 223 Å². The molecular weight excluding hydrogens is 504 g/mol. The molecule has 0 atom stereocenters. The molecule has 0 saturated carbocycles. The fourth-order valence-electron chi connectivity index (χ4n) is 4.23. The number of hydrogen-bond acceptors (Lipinski definition) is 3. The number of aromatic nitrogens is 1. The van der Waals surface area contributed by atoms with Gasteiger partial charge in [0.2, 0.25) is 0 Å². The molecule has 0 fully saturated rings. The molecule has 5 aromatic rings. The zero-order valence-electron chi connectivity index (χ0n) is 19.9. The highest BCUT2D eigenvalue weighted by Crippen LogP contribution is 2.39. The third-order valence-corrected chi connectivity index (χ3v) is 7.34. The Morgan fingerprint density at radius 3 is 2.38 bits per heavy atom. The van der Waals surface area contributed by atoms with Crippen molar-refractivity contribution in [3.8, 4) is 11.1 Å². The minimum atomic E-state index is -0.982. The summed E-state index contributed by atoms with van der Waals surface area (Å²) in [6.07, 6.45) is 2.03. The largest absolute Gasteiger partial charge is 0.478 e. The number of halogens is 1. The number of aromatic carboxylic acids is 1. The zero-order chi connectivity index (χ0) is 25.9. The highest BCUT2D eigenvalue weighted by atomic mass is 35.5. The van der Waals surface area contributed by atoms with Crippen molar-refractivity contribution >= 4 is 46.1 Å². The Balaban J connectivity index is 1.55. The Morgan fingerprint density at radius 2 is 1.68 bits per heavy atom. The van der Waals surface area contributed by atoms with Crippen molar-refractivity contribution in [3.05, 3.63) is 119 Å². The van der Waals surface area contributed by atoms with Crippen LogP contribution in [0.1, 0.15) is 26.3 Å². The van der Waals surface area contributed by atoms with Crippen molar-refractivity contribution in [2.24, 2.45) is 7.05 Å². The van der Waals surface area contributed by atoms with Crippen LogP contribution in [0, 0.1) is 0 Å². The van der Waals surface area contributed by atoms with Gasteiger partial charge in [-0.2, -0.15) is 0 Å². The lowest BCUT2D eigenvalue weighted by molar-refractivity contribution is 0.0696. The number of carboxylic acids is 1. The molecule has 1 aromatic heterocycles. The van der Waals surface area contributed by atoms with E-state index in [1.807, 2.05) is 78.5 Å². The molecule has 4 aromatic carbocycles. The number of carbonyl (C=O) groups excluding carboxylic acids is 1. The molecule has 0 unspecified atom stereocenters. The number of amides is 1. The number of carbonyl (C=O) groups is 2. The molecule has 0 spiro atoms. The number of hydrogen-bond donors (Lipinski definition) is 2. The van der Waals surface area contributed by atoms with Crippen molar-refractivity contribution in [2.75, 3.05) is 0 Å². The molecule has 1 amide bonds. The first-order chi connectivity index (χ1) is 17.9. The van der Waals surface area contributed by atoms with Crippen molar-refractivity contribution in [1.82, 2.24) is 9.88 Å². The Hall–Kier alpha value is -4.00. The summed E-state index contributed by atoms with van der Waals surface area (Å²) in [5.41, 5.74) is 4.51. The van der Waals surface area contributed by atoms with Crippen LogP contribution in [-0.4, -0.2) is 21.6 Å². The van der Waals surface area contributed by atoms with E-state index in [1.165, 1.54) is 12.1 Å². The van der Waals surface area contributed by atoms with Crippen LogP contribution in [0.25, 0.3) is 22.0 Å². The molecule has 184 valence electrons.